The maximum Gasteiger partial charge on any atom is 0.0852 e. The molecule has 0 fully saturated rings. The van der Waals surface area contributed by atoms with Crippen LogP contribution in [0.2, 0.25) is 5.02 Å². The van der Waals surface area contributed by atoms with Gasteiger partial charge < -0.3 is 0 Å². The fourth-order valence-corrected chi connectivity index (χ4v) is 1.74. The van der Waals surface area contributed by atoms with Crippen molar-refractivity contribution in [2.45, 2.75) is 13.3 Å². The highest BCUT2D eigenvalue weighted by molar-refractivity contribution is 6.35. The number of terminal acetylenes is 1. The van der Waals surface area contributed by atoms with Gasteiger partial charge in [-0.15, -0.1) is 6.42 Å². The van der Waals surface area contributed by atoms with E-state index in [4.69, 9.17) is 18.0 Å². The molecule has 3 heteroatoms. The van der Waals surface area contributed by atoms with Gasteiger partial charge in [0.2, 0.25) is 0 Å². The Morgan fingerprint density at radius 3 is 3.00 bits per heavy atom. The van der Waals surface area contributed by atoms with E-state index in [1.165, 1.54) is 0 Å². The summed E-state index contributed by atoms with van der Waals surface area (Å²) in [6.07, 6.45) is 6.26. The topological polar surface area (TPSA) is 28.7 Å². The van der Waals surface area contributed by atoms with Gasteiger partial charge in [0.25, 0.3) is 0 Å². The van der Waals surface area contributed by atoms with Gasteiger partial charge in [0.1, 0.15) is 0 Å². The number of aromatic nitrogens is 2. The van der Waals surface area contributed by atoms with Gasteiger partial charge in [-0.3, -0.25) is 5.10 Å². The van der Waals surface area contributed by atoms with Crippen molar-refractivity contribution in [2.24, 2.45) is 0 Å². The minimum atomic E-state index is 0.659. The number of nitrogens with zero attached hydrogens (tertiary/aromatic N) is 1. The van der Waals surface area contributed by atoms with Gasteiger partial charge >= 0.3 is 0 Å². The Bertz CT molecular complexity index is 520. The highest BCUT2D eigenvalue weighted by Crippen LogP contribution is 2.27. The van der Waals surface area contributed by atoms with E-state index < -0.39 is 0 Å². The molecule has 0 atom stereocenters. The zero-order valence-electron chi connectivity index (χ0n) is 7.76. The maximum atomic E-state index is 6.02. The molecule has 0 aliphatic heterocycles. The van der Waals surface area contributed by atoms with Crippen LogP contribution in [0.25, 0.3) is 10.9 Å². The van der Waals surface area contributed by atoms with Crippen LogP contribution in [0.15, 0.2) is 12.1 Å². The average Bonchev–Trinajstić information content (AvgIpc) is 2.63. The smallest absolute Gasteiger partial charge is 0.0852 e. The number of fused-ring (bicyclic) bond motifs is 1. The lowest BCUT2D eigenvalue weighted by Gasteiger charge is -1.98. The summed E-state index contributed by atoms with van der Waals surface area (Å²) in [6, 6.07) is 3.63. The molecule has 1 aromatic carbocycles. The Balaban J connectivity index is 2.90. The van der Waals surface area contributed by atoms with Crippen LogP contribution in [0, 0.1) is 12.3 Å². The Morgan fingerprint density at radius 2 is 2.36 bits per heavy atom. The first-order chi connectivity index (χ1) is 6.77. The van der Waals surface area contributed by atoms with E-state index >= 15 is 0 Å². The molecule has 0 aliphatic rings. The molecule has 0 radical (unpaired) electrons. The predicted molar refractivity (Wildman–Crippen MR) is 58.4 cm³/mol. The third kappa shape index (κ3) is 1.18. The van der Waals surface area contributed by atoms with E-state index in [1.54, 1.807) is 6.07 Å². The SMILES string of the molecule is C#Cc1ccc(Cl)c2[nH]nc(CC)c12. The molecule has 2 aromatic rings. The first-order valence-corrected chi connectivity index (χ1v) is 4.77. The third-order valence-corrected chi connectivity index (χ3v) is 2.55. The second kappa shape index (κ2) is 3.36. The van der Waals surface area contributed by atoms with Gasteiger partial charge in [-0.1, -0.05) is 24.4 Å². The summed E-state index contributed by atoms with van der Waals surface area (Å²) in [7, 11) is 0. The van der Waals surface area contributed by atoms with Crippen molar-refractivity contribution >= 4 is 22.5 Å². The van der Waals surface area contributed by atoms with Gasteiger partial charge in [-0.25, -0.2) is 0 Å². The standard InChI is InChI=1S/C11H9ClN2/c1-3-7-5-6-8(12)11-10(7)9(4-2)13-14-11/h1,5-6H,4H2,2H3,(H,13,14). The van der Waals surface area contributed by atoms with E-state index in [2.05, 4.69) is 16.1 Å². The molecule has 1 N–H and O–H groups in total. The van der Waals surface area contributed by atoms with Crippen molar-refractivity contribution in [3.63, 3.8) is 0 Å². The summed E-state index contributed by atoms with van der Waals surface area (Å²) in [4.78, 5) is 0. The molecular weight excluding hydrogens is 196 g/mol. The summed E-state index contributed by atoms with van der Waals surface area (Å²) < 4.78 is 0. The van der Waals surface area contributed by atoms with Crippen molar-refractivity contribution in [1.29, 1.82) is 0 Å². The minimum Gasteiger partial charge on any atom is -0.276 e. The Labute approximate surface area is 87.3 Å². The Hall–Kier alpha value is -1.46. The summed E-state index contributed by atoms with van der Waals surface area (Å²) in [5.74, 6) is 2.64. The second-order valence-electron chi connectivity index (χ2n) is 3.01. The zero-order chi connectivity index (χ0) is 10.1. The molecule has 0 bridgehead atoms. The lowest BCUT2D eigenvalue weighted by Crippen LogP contribution is -1.83. The molecule has 2 nitrogen and oxygen atoms in total. The van der Waals surface area contributed by atoms with Gasteiger partial charge in [0.15, 0.2) is 0 Å². The quantitative estimate of drug-likeness (QED) is 0.711. The summed E-state index contributed by atoms with van der Waals surface area (Å²) in [6.45, 7) is 2.04. The molecule has 0 spiro atoms. The highest BCUT2D eigenvalue weighted by Gasteiger charge is 2.10. The van der Waals surface area contributed by atoms with Crippen molar-refractivity contribution in [3.8, 4) is 12.3 Å². The monoisotopic (exact) mass is 204 g/mol. The number of hydrogen-bond acceptors (Lipinski definition) is 1. The fourth-order valence-electron chi connectivity index (χ4n) is 1.54. The van der Waals surface area contributed by atoms with Gasteiger partial charge in [-0.2, -0.15) is 5.10 Å². The van der Waals surface area contributed by atoms with Crippen molar-refractivity contribution in [1.82, 2.24) is 10.2 Å². The normalized spacial score (nSPS) is 10.4. The van der Waals surface area contributed by atoms with Crippen LogP contribution in [0.1, 0.15) is 18.2 Å². The number of nitrogens with one attached hydrogen (secondary N) is 1. The van der Waals surface area contributed by atoms with Crippen LogP contribution in [-0.2, 0) is 6.42 Å². The number of H-pyrrole nitrogens is 1. The van der Waals surface area contributed by atoms with E-state index in [0.717, 1.165) is 28.6 Å². The van der Waals surface area contributed by atoms with E-state index in [1.807, 2.05) is 13.0 Å². The van der Waals surface area contributed by atoms with E-state index in [0.29, 0.717) is 5.02 Å². The fraction of sp³-hybridized carbons (Fsp3) is 0.182. The molecule has 0 saturated heterocycles. The van der Waals surface area contributed by atoms with Crippen LogP contribution in [0.5, 0.6) is 0 Å². The van der Waals surface area contributed by atoms with Crippen molar-refractivity contribution < 1.29 is 0 Å². The maximum absolute atomic E-state index is 6.02. The zero-order valence-corrected chi connectivity index (χ0v) is 8.52. The van der Waals surface area contributed by atoms with Crippen LogP contribution in [0.3, 0.4) is 0 Å². The van der Waals surface area contributed by atoms with Gasteiger partial charge in [0.05, 0.1) is 16.2 Å². The second-order valence-corrected chi connectivity index (χ2v) is 3.42. The number of rotatable bonds is 1. The van der Waals surface area contributed by atoms with Crippen molar-refractivity contribution in [3.05, 3.63) is 28.4 Å². The molecule has 0 saturated carbocycles. The number of hydrogen-bond donors (Lipinski definition) is 1. The third-order valence-electron chi connectivity index (χ3n) is 2.24. The molecule has 2 rings (SSSR count). The van der Waals surface area contributed by atoms with E-state index in [9.17, 15) is 0 Å². The molecule has 0 unspecified atom stereocenters. The van der Waals surface area contributed by atoms with Crippen LogP contribution in [-0.4, -0.2) is 10.2 Å². The minimum absolute atomic E-state index is 0.659. The van der Waals surface area contributed by atoms with E-state index in [-0.39, 0.29) is 0 Å². The first kappa shape index (κ1) is 9.11. The number of aromatic amines is 1. The van der Waals surface area contributed by atoms with Crippen LogP contribution < -0.4 is 0 Å². The van der Waals surface area contributed by atoms with Gasteiger partial charge in [-0.05, 0) is 18.6 Å². The molecule has 1 aromatic heterocycles. The average molecular weight is 205 g/mol. The number of benzene rings is 1. The molecule has 14 heavy (non-hydrogen) atoms. The molecule has 0 amide bonds. The lowest BCUT2D eigenvalue weighted by atomic mass is 10.1. The number of aryl methyl sites for hydroxylation is 1. The van der Waals surface area contributed by atoms with Crippen LogP contribution in [0.4, 0.5) is 0 Å². The molecule has 0 aliphatic carbocycles. The lowest BCUT2D eigenvalue weighted by molar-refractivity contribution is 0.988. The predicted octanol–water partition coefficient (Wildman–Crippen LogP) is 2.76. The molecule has 1 heterocycles. The molecule has 70 valence electrons. The Morgan fingerprint density at radius 1 is 1.57 bits per heavy atom. The van der Waals surface area contributed by atoms with Gasteiger partial charge in [0, 0.05) is 10.9 Å². The summed E-state index contributed by atoms with van der Waals surface area (Å²) in [5.41, 5.74) is 2.64. The Kier molecular flexibility index (Phi) is 2.18. The highest BCUT2D eigenvalue weighted by atomic mass is 35.5. The van der Waals surface area contributed by atoms with Crippen molar-refractivity contribution in [2.75, 3.05) is 0 Å². The largest absolute Gasteiger partial charge is 0.276 e. The first-order valence-electron chi connectivity index (χ1n) is 4.40. The summed E-state index contributed by atoms with van der Waals surface area (Å²) in [5, 5.41) is 8.72. The summed E-state index contributed by atoms with van der Waals surface area (Å²) >= 11 is 6.02. The van der Waals surface area contributed by atoms with Crippen LogP contribution >= 0.6 is 11.6 Å². The molecular formula is C11H9ClN2. The number of halogens is 1.